The lowest BCUT2D eigenvalue weighted by Gasteiger charge is -2.09. The van der Waals surface area contributed by atoms with Gasteiger partial charge in [-0.15, -0.1) is 0 Å². The normalized spacial score (nSPS) is 10.8. The number of hydrogen-bond acceptors (Lipinski definition) is 4. The van der Waals surface area contributed by atoms with Crippen molar-refractivity contribution in [2.45, 2.75) is 6.92 Å². The van der Waals surface area contributed by atoms with Crippen LogP contribution in [0.1, 0.15) is 21.7 Å². The van der Waals surface area contributed by atoms with Crippen LogP contribution in [0, 0.1) is 12.7 Å². The number of ether oxygens (including phenoxy) is 1. The maximum absolute atomic E-state index is 13.2. The van der Waals surface area contributed by atoms with E-state index in [1.54, 1.807) is 42.5 Å². The quantitative estimate of drug-likeness (QED) is 0.388. The Bertz CT molecular complexity index is 1280. The van der Waals surface area contributed by atoms with Gasteiger partial charge in [-0.2, -0.15) is 0 Å². The van der Waals surface area contributed by atoms with Crippen LogP contribution >= 0.6 is 11.6 Å². The van der Waals surface area contributed by atoms with Crippen LogP contribution in [0.25, 0.3) is 11.0 Å². The molecule has 0 aliphatic carbocycles. The minimum absolute atomic E-state index is 0.0384. The first kappa shape index (κ1) is 20.6. The van der Waals surface area contributed by atoms with Gasteiger partial charge in [0.05, 0.1) is 5.69 Å². The third-order valence-corrected chi connectivity index (χ3v) is 5.10. The van der Waals surface area contributed by atoms with Gasteiger partial charge in [-0.05, 0) is 67.1 Å². The number of anilines is 1. The number of nitrogens with one attached hydrogen (secondary N) is 1. The maximum Gasteiger partial charge on any atom is 0.262 e. The van der Waals surface area contributed by atoms with Crippen LogP contribution in [0.4, 0.5) is 10.1 Å². The summed E-state index contributed by atoms with van der Waals surface area (Å²) in [6.07, 6.45) is 0. The zero-order valence-corrected chi connectivity index (χ0v) is 17.2. The Morgan fingerprint density at radius 3 is 2.55 bits per heavy atom. The summed E-state index contributed by atoms with van der Waals surface area (Å²) in [4.78, 5) is 25.5. The van der Waals surface area contributed by atoms with E-state index in [2.05, 4.69) is 5.32 Å². The van der Waals surface area contributed by atoms with Crippen molar-refractivity contribution < 1.29 is 23.1 Å². The first-order valence-corrected chi connectivity index (χ1v) is 9.81. The van der Waals surface area contributed by atoms with Gasteiger partial charge in [-0.25, -0.2) is 4.39 Å². The largest absolute Gasteiger partial charge is 0.484 e. The van der Waals surface area contributed by atoms with Gasteiger partial charge in [0.1, 0.15) is 17.1 Å². The molecule has 0 aliphatic rings. The molecule has 31 heavy (non-hydrogen) atoms. The van der Waals surface area contributed by atoms with E-state index >= 15 is 0 Å². The number of fused-ring (bicyclic) bond motifs is 1. The van der Waals surface area contributed by atoms with Gasteiger partial charge in [-0.3, -0.25) is 9.59 Å². The van der Waals surface area contributed by atoms with E-state index in [0.717, 1.165) is 5.56 Å². The monoisotopic (exact) mass is 437 g/mol. The molecule has 0 spiro atoms. The van der Waals surface area contributed by atoms with Crippen LogP contribution in [0.2, 0.25) is 5.02 Å². The van der Waals surface area contributed by atoms with E-state index in [-0.39, 0.29) is 23.6 Å². The summed E-state index contributed by atoms with van der Waals surface area (Å²) in [5, 5.41) is 3.89. The highest BCUT2D eigenvalue weighted by Gasteiger charge is 2.23. The molecule has 4 aromatic rings. The van der Waals surface area contributed by atoms with Crippen molar-refractivity contribution in [2.24, 2.45) is 0 Å². The minimum Gasteiger partial charge on any atom is -0.484 e. The number of amides is 1. The fraction of sp³-hybridized carbons (Fsp3) is 0.0833. The van der Waals surface area contributed by atoms with Crippen molar-refractivity contribution in [3.63, 3.8) is 0 Å². The van der Waals surface area contributed by atoms with Crippen LogP contribution in [-0.4, -0.2) is 18.3 Å². The van der Waals surface area contributed by atoms with Gasteiger partial charge in [0.15, 0.2) is 12.4 Å². The number of carbonyl (C=O) groups excluding carboxylic acids is 2. The van der Waals surface area contributed by atoms with Crippen molar-refractivity contribution in [3.05, 3.63) is 94.5 Å². The molecule has 0 unspecified atom stereocenters. The van der Waals surface area contributed by atoms with E-state index in [4.69, 9.17) is 20.8 Å². The van der Waals surface area contributed by atoms with Crippen molar-refractivity contribution in [2.75, 3.05) is 11.9 Å². The number of hydrogen-bond donors (Lipinski definition) is 1. The van der Waals surface area contributed by atoms with Gasteiger partial charge in [0.2, 0.25) is 5.78 Å². The number of ketones is 1. The van der Waals surface area contributed by atoms with Gasteiger partial charge in [-0.1, -0.05) is 23.7 Å². The molecule has 1 aromatic heterocycles. The molecule has 1 heterocycles. The standard InChI is InChI=1S/C24H17ClFNO4/c1-14-12-17(10-11-19(14)25)30-13-21(28)27-22-18-4-2-3-5-20(18)31-24(22)23(29)15-6-8-16(26)9-7-15/h2-12H,13H2,1H3,(H,27,28). The van der Waals surface area contributed by atoms with Crippen LogP contribution in [0.15, 0.2) is 71.1 Å². The number of halogens is 2. The summed E-state index contributed by atoms with van der Waals surface area (Å²) in [6, 6.07) is 17.1. The topological polar surface area (TPSA) is 68.5 Å². The maximum atomic E-state index is 13.2. The Labute approximate surface area is 182 Å². The number of rotatable bonds is 6. The summed E-state index contributed by atoms with van der Waals surface area (Å²) in [7, 11) is 0. The summed E-state index contributed by atoms with van der Waals surface area (Å²) in [5.74, 6) is -0.933. The lowest BCUT2D eigenvalue weighted by molar-refractivity contribution is -0.118. The number of aryl methyl sites for hydroxylation is 1. The molecule has 0 saturated carbocycles. The summed E-state index contributed by atoms with van der Waals surface area (Å²) in [5.41, 5.74) is 1.75. The highest BCUT2D eigenvalue weighted by Crippen LogP contribution is 2.32. The Balaban J connectivity index is 1.59. The Kier molecular flexibility index (Phi) is 5.73. The highest BCUT2D eigenvalue weighted by atomic mass is 35.5. The Morgan fingerprint density at radius 2 is 1.81 bits per heavy atom. The summed E-state index contributed by atoms with van der Waals surface area (Å²) < 4.78 is 24.5. The molecule has 1 amide bonds. The Hall–Kier alpha value is -3.64. The van der Waals surface area contributed by atoms with Crippen LogP contribution in [0.5, 0.6) is 5.75 Å². The average molecular weight is 438 g/mol. The van der Waals surface area contributed by atoms with E-state index in [9.17, 15) is 14.0 Å². The number of para-hydroxylation sites is 1. The Morgan fingerprint density at radius 1 is 1.06 bits per heavy atom. The molecule has 0 aliphatic heterocycles. The van der Waals surface area contributed by atoms with Gasteiger partial charge >= 0.3 is 0 Å². The first-order chi connectivity index (χ1) is 14.9. The molecule has 156 valence electrons. The van der Waals surface area contributed by atoms with Crippen LogP contribution in [0.3, 0.4) is 0 Å². The fourth-order valence-corrected chi connectivity index (χ4v) is 3.21. The van der Waals surface area contributed by atoms with E-state index in [1.807, 2.05) is 6.92 Å². The fourth-order valence-electron chi connectivity index (χ4n) is 3.09. The van der Waals surface area contributed by atoms with Gasteiger partial charge < -0.3 is 14.5 Å². The lowest BCUT2D eigenvalue weighted by Crippen LogP contribution is -2.21. The smallest absolute Gasteiger partial charge is 0.262 e. The lowest BCUT2D eigenvalue weighted by atomic mass is 10.1. The first-order valence-electron chi connectivity index (χ1n) is 9.43. The molecule has 4 rings (SSSR count). The second-order valence-electron chi connectivity index (χ2n) is 6.89. The third-order valence-electron chi connectivity index (χ3n) is 4.67. The molecule has 0 fully saturated rings. The number of furan rings is 1. The van der Waals surface area contributed by atoms with Gasteiger partial charge in [0, 0.05) is 16.0 Å². The van der Waals surface area contributed by atoms with Crippen LogP contribution < -0.4 is 10.1 Å². The van der Waals surface area contributed by atoms with Crippen molar-refractivity contribution in [3.8, 4) is 5.75 Å². The van der Waals surface area contributed by atoms with Gasteiger partial charge in [0.25, 0.3) is 5.91 Å². The molecular weight excluding hydrogens is 421 g/mol. The molecule has 5 nitrogen and oxygen atoms in total. The van der Waals surface area contributed by atoms with Crippen molar-refractivity contribution in [1.29, 1.82) is 0 Å². The molecular formula is C24H17ClFNO4. The number of carbonyl (C=O) groups is 2. The molecule has 7 heteroatoms. The van der Waals surface area contributed by atoms with E-state index in [1.165, 1.54) is 24.3 Å². The minimum atomic E-state index is -0.472. The van der Waals surface area contributed by atoms with Crippen molar-refractivity contribution in [1.82, 2.24) is 0 Å². The predicted octanol–water partition coefficient (Wildman–Crippen LogP) is 5.78. The highest BCUT2D eigenvalue weighted by molar-refractivity contribution is 6.31. The van der Waals surface area contributed by atoms with Crippen molar-refractivity contribution >= 4 is 39.9 Å². The van der Waals surface area contributed by atoms with E-state index in [0.29, 0.717) is 21.7 Å². The molecule has 0 saturated heterocycles. The number of benzene rings is 3. The zero-order valence-electron chi connectivity index (χ0n) is 16.4. The zero-order chi connectivity index (χ0) is 22.0. The molecule has 1 N–H and O–H groups in total. The summed E-state index contributed by atoms with van der Waals surface area (Å²) >= 11 is 6.00. The molecule has 0 bridgehead atoms. The summed E-state index contributed by atoms with van der Waals surface area (Å²) in [6.45, 7) is 1.56. The molecule has 0 atom stereocenters. The third kappa shape index (κ3) is 4.44. The SMILES string of the molecule is Cc1cc(OCC(=O)Nc2c(C(=O)c3ccc(F)cc3)oc3ccccc23)ccc1Cl. The van der Waals surface area contributed by atoms with Crippen LogP contribution in [-0.2, 0) is 4.79 Å². The average Bonchev–Trinajstić information content (AvgIpc) is 3.13. The van der Waals surface area contributed by atoms with E-state index < -0.39 is 17.5 Å². The second kappa shape index (κ2) is 8.62. The second-order valence-corrected chi connectivity index (χ2v) is 7.29. The molecule has 0 radical (unpaired) electrons. The molecule has 3 aromatic carbocycles. The predicted molar refractivity (Wildman–Crippen MR) is 116 cm³/mol.